The minimum Gasteiger partial charge on any atom is -0.392 e. The number of halogens is 1. The Morgan fingerprint density at radius 3 is 2.72 bits per heavy atom. The smallest absolute Gasteiger partial charge is 0.274 e. The van der Waals surface area contributed by atoms with Crippen molar-refractivity contribution in [3.05, 3.63) is 72.1 Å². The quantitative estimate of drug-likeness (QED) is 0.336. The topological polar surface area (TPSA) is 117 Å². The van der Waals surface area contributed by atoms with E-state index in [4.69, 9.17) is 0 Å². The Hall–Kier alpha value is -4.09. The highest BCUT2D eigenvalue weighted by atomic mass is 19.1. The van der Waals surface area contributed by atoms with Gasteiger partial charge in [0.25, 0.3) is 11.8 Å². The van der Waals surface area contributed by atoms with E-state index in [1.165, 1.54) is 18.3 Å². The summed E-state index contributed by atoms with van der Waals surface area (Å²) in [5.41, 5.74) is 2.70. The summed E-state index contributed by atoms with van der Waals surface area (Å²) in [6.07, 6.45) is 6.15. The Kier molecular flexibility index (Phi) is 7.45. The number of rotatable bonds is 7. The molecule has 1 aromatic carbocycles. The second kappa shape index (κ2) is 11.0. The predicted octanol–water partition coefficient (Wildman–Crippen LogP) is 3.09. The van der Waals surface area contributed by atoms with Crippen LogP contribution in [0.3, 0.4) is 0 Å². The minimum absolute atomic E-state index is 0.0136. The maximum absolute atomic E-state index is 14.6. The average Bonchev–Trinajstić information content (AvgIpc) is 3.55. The van der Waals surface area contributed by atoms with Gasteiger partial charge in [-0.2, -0.15) is 5.10 Å². The lowest BCUT2D eigenvalue weighted by atomic mass is 9.95. The Morgan fingerprint density at radius 2 is 1.95 bits per heavy atom. The summed E-state index contributed by atoms with van der Waals surface area (Å²) in [6, 6.07) is 9.75. The summed E-state index contributed by atoms with van der Waals surface area (Å²) in [6.45, 7) is 5.07. The Labute approximate surface area is 225 Å². The zero-order valence-electron chi connectivity index (χ0n) is 22.1. The van der Waals surface area contributed by atoms with Crippen LogP contribution in [0.15, 0.2) is 55.0 Å². The number of nitrogens with zero attached hydrogens (tertiary/aromatic N) is 5. The zero-order chi connectivity index (χ0) is 27.7. The van der Waals surface area contributed by atoms with Gasteiger partial charge >= 0.3 is 0 Å². The van der Waals surface area contributed by atoms with Gasteiger partial charge in [-0.3, -0.25) is 23.6 Å². The van der Waals surface area contributed by atoms with E-state index in [1.54, 1.807) is 21.5 Å². The first kappa shape index (κ1) is 26.5. The molecule has 1 aliphatic rings. The Balaban J connectivity index is 1.25. The van der Waals surface area contributed by atoms with Crippen LogP contribution in [0.5, 0.6) is 0 Å². The molecule has 0 aliphatic carbocycles. The standard InChI is InChI=1S/C28H32FN7O3/c1-17-4-7-25(37)18(2)35(17)13-11-30-27(38)20-5-6-21(29)22(14-20)33-28(39)24-16-31-26-15-19(9-12-36(24)26)23-8-10-32-34(23)3/h5-6,8-10,12,14-18,25,37H,4,7,11,13H2,1-3H3,(H,30,38)(H,33,39)/t17-,18+,25+/m1/s1. The van der Waals surface area contributed by atoms with E-state index >= 15 is 0 Å². The number of amides is 2. The number of likely N-dealkylation sites (tertiary alicyclic amines) is 1. The molecule has 3 aromatic heterocycles. The summed E-state index contributed by atoms with van der Waals surface area (Å²) in [5, 5.41) is 19.8. The predicted molar refractivity (Wildman–Crippen MR) is 145 cm³/mol. The van der Waals surface area contributed by atoms with Crippen LogP contribution in [-0.4, -0.2) is 72.3 Å². The van der Waals surface area contributed by atoms with E-state index in [9.17, 15) is 19.1 Å². The minimum atomic E-state index is -0.655. The van der Waals surface area contributed by atoms with Crippen molar-refractivity contribution in [2.45, 2.75) is 44.9 Å². The number of aromatic nitrogens is 4. The molecular formula is C28H32FN7O3. The lowest BCUT2D eigenvalue weighted by Gasteiger charge is -2.41. The van der Waals surface area contributed by atoms with Crippen molar-refractivity contribution in [2.75, 3.05) is 18.4 Å². The fourth-order valence-corrected chi connectivity index (χ4v) is 5.18. The van der Waals surface area contributed by atoms with Crippen molar-refractivity contribution in [1.82, 2.24) is 29.4 Å². The van der Waals surface area contributed by atoms with Gasteiger partial charge in [0.05, 0.1) is 23.7 Å². The summed E-state index contributed by atoms with van der Waals surface area (Å²) < 4.78 is 18.0. The first-order valence-corrected chi connectivity index (χ1v) is 13.0. The highest BCUT2D eigenvalue weighted by Gasteiger charge is 2.30. The van der Waals surface area contributed by atoms with Crippen LogP contribution in [0, 0.1) is 5.82 Å². The van der Waals surface area contributed by atoms with Crippen LogP contribution < -0.4 is 10.6 Å². The van der Waals surface area contributed by atoms with Crippen molar-refractivity contribution in [3.8, 4) is 11.3 Å². The van der Waals surface area contributed by atoms with Crippen molar-refractivity contribution in [3.63, 3.8) is 0 Å². The number of hydrogen-bond acceptors (Lipinski definition) is 6. The first-order valence-electron chi connectivity index (χ1n) is 13.0. The van der Waals surface area contributed by atoms with E-state index in [-0.39, 0.29) is 35.0 Å². The number of aliphatic hydroxyl groups excluding tert-OH is 1. The number of benzene rings is 1. The SMILES string of the molecule is C[C@@H]1CC[C@H](O)[C@H](C)N1CCNC(=O)c1ccc(F)c(NC(=O)c2cnc3cc(-c4ccnn4C)ccn23)c1. The van der Waals surface area contributed by atoms with Gasteiger partial charge < -0.3 is 15.7 Å². The lowest BCUT2D eigenvalue weighted by molar-refractivity contribution is -0.00711. The number of fused-ring (bicyclic) bond motifs is 1. The molecule has 0 spiro atoms. The van der Waals surface area contributed by atoms with Gasteiger partial charge in [-0.1, -0.05) is 0 Å². The van der Waals surface area contributed by atoms with Crippen molar-refractivity contribution >= 4 is 23.1 Å². The van der Waals surface area contributed by atoms with Gasteiger partial charge in [0.2, 0.25) is 0 Å². The maximum Gasteiger partial charge on any atom is 0.274 e. The molecule has 11 heteroatoms. The molecule has 4 aromatic rings. The van der Waals surface area contributed by atoms with Crippen LogP contribution in [0.4, 0.5) is 10.1 Å². The molecule has 2 amide bonds. The average molecular weight is 534 g/mol. The molecule has 1 saturated heterocycles. The monoisotopic (exact) mass is 533 g/mol. The Morgan fingerprint density at radius 1 is 1.13 bits per heavy atom. The summed E-state index contributed by atoms with van der Waals surface area (Å²) >= 11 is 0. The summed E-state index contributed by atoms with van der Waals surface area (Å²) in [5.74, 6) is -1.59. The molecule has 0 unspecified atom stereocenters. The summed E-state index contributed by atoms with van der Waals surface area (Å²) in [4.78, 5) is 32.3. The van der Waals surface area contributed by atoms with Crippen molar-refractivity contribution in [2.24, 2.45) is 7.05 Å². The van der Waals surface area contributed by atoms with Gasteiger partial charge in [-0.05, 0) is 63.1 Å². The lowest BCUT2D eigenvalue weighted by Crippen LogP contribution is -2.53. The molecule has 1 fully saturated rings. The van der Waals surface area contributed by atoms with Crippen LogP contribution in [0.25, 0.3) is 16.9 Å². The number of piperidine rings is 1. The molecule has 1 aliphatic heterocycles. The number of aryl methyl sites for hydroxylation is 1. The molecule has 0 saturated carbocycles. The van der Waals surface area contributed by atoms with Gasteiger partial charge in [0, 0.05) is 55.7 Å². The molecule has 3 N–H and O–H groups in total. The van der Waals surface area contributed by atoms with E-state index in [1.807, 2.05) is 32.2 Å². The van der Waals surface area contributed by atoms with Crippen molar-refractivity contribution in [1.29, 1.82) is 0 Å². The number of imidazole rings is 1. The first-order chi connectivity index (χ1) is 18.7. The van der Waals surface area contributed by atoms with Gasteiger partial charge in [0.15, 0.2) is 0 Å². The van der Waals surface area contributed by atoms with Crippen LogP contribution in [0.2, 0.25) is 0 Å². The maximum atomic E-state index is 14.6. The third kappa shape index (κ3) is 5.41. The number of carbonyl (C=O) groups is 2. The van der Waals surface area contributed by atoms with Gasteiger partial charge in [-0.15, -0.1) is 0 Å². The normalized spacial score (nSPS) is 19.8. The molecule has 5 rings (SSSR count). The molecule has 0 bridgehead atoms. The van der Waals surface area contributed by atoms with E-state index in [0.29, 0.717) is 24.8 Å². The number of pyridine rings is 1. The molecule has 39 heavy (non-hydrogen) atoms. The second-order valence-corrected chi connectivity index (χ2v) is 10.0. The number of nitrogens with one attached hydrogen (secondary N) is 2. The van der Waals surface area contributed by atoms with Crippen molar-refractivity contribution < 1.29 is 19.1 Å². The Bertz CT molecular complexity index is 1510. The number of hydrogen-bond donors (Lipinski definition) is 3. The van der Waals surface area contributed by atoms with Gasteiger partial charge in [0.1, 0.15) is 17.2 Å². The highest BCUT2D eigenvalue weighted by Crippen LogP contribution is 2.23. The molecular weight excluding hydrogens is 501 g/mol. The van der Waals surface area contributed by atoms with E-state index < -0.39 is 11.7 Å². The number of anilines is 1. The second-order valence-electron chi connectivity index (χ2n) is 10.0. The third-order valence-electron chi connectivity index (χ3n) is 7.52. The van der Waals surface area contributed by atoms with Gasteiger partial charge in [-0.25, -0.2) is 9.37 Å². The fourth-order valence-electron chi connectivity index (χ4n) is 5.18. The molecule has 3 atom stereocenters. The van der Waals surface area contributed by atoms with Crippen LogP contribution >= 0.6 is 0 Å². The van der Waals surface area contributed by atoms with Crippen LogP contribution in [0.1, 0.15) is 47.5 Å². The molecule has 0 radical (unpaired) electrons. The molecule has 10 nitrogen and oxygen atoms in total. The highest BCUT2D eigenvalue weighted by molar-refractivity contribution is 6.04. The van der Waals surface area contributed by atoms with E-state index in [2.05, 4.69) is 32.5 Å². The summed E-state index contributed by atoms with van der Waals surface area (Å²) in [7, 11) is 1.84. The fraction of sp³-hybridized carbons (Fsp3) is 0.357. The molecule has 204 valence electrons. The molecule has 4 heterocycles. The van der Waals surface area contributed by atoms with Crippen LogP contribution in [-0.2, 0) is 7.05 Å². The number of carbonyl (C=O) groups excluding carboxylic acids is 2. The zero-order valence-corrected chi connectivity index (χ0v) is 22.1. The largest absolute Gasteiger partial charge is 0.392 e. The number of aliphatic hydroxyl groups is 1. The van der Waals surface area contributed by atoms with E-state index in [0.717, 1.165) is 30.2 Å². The third-order valence-corrected chi connectivity index (χ3v) is 7.52.